The Morgan fingerprint density at radius 3 is 2.72 bits per heavy atom. The second-order valence-electron chi connectivity index (χ2n) is 6.01. The summed E-state index contributed by atoms with van der Waals surface area (Å²) in [5.41, 5.74) is 0.774. The highest BCUT2D eigenvalue weighted by Gasteiger charge is 2.18. The summed E-state index contributed by atoms with van der Waals surface area (Å²) in [5.74, 6) is 0.605. The molecule has 0 saturated heterocycles. The monoisotopic (exact) mass is 429 g/mol. The van der Waals surface area contributed by atoms with Crippen LogP contribution in [0.3, 0.4) is 0 Å². The number of carbonyl (C=O) groups is 1. The van der Waals surface area contributed by atoms with Crippen LogP contribution >= 0.6 is 11.3 Å². The molecule has 4 rings (SSSR count). The molecule has 0 fully saturated rings. The summed E-state index contributed by atoms with van der Waals surface area (Å²) in [4.78, 5) is 12.3. The molecule has 0 saturated carbocycles. The highest BCUT2D eigenvalue weighted by molar-refractivity contribution is 7.90. The third kappa shape index (κ3) is 4.61. The molecular weight excluding hydrogens is 414 g/mol. The van der Waals surface area contributed by atoms with E-state index in [9.17, 15) is 13.2 Å². The van der Waals surface area contributed by atoms with Gasteiger partial charge in [0, 0.05) is 6.08 Å². The van der Waals surface area contributed by atoms with Crippen LogP contribution in [-0.2, 0) is 20.4 Å². The van der Waals surface area contributed by atoms with Gasteiger partial charge in [-0.1, -0.05) is 35.6 Å². The summed E-state index contributed by atoms with van der Waals surface area (Å²) in [6.45, 7) is 0.183. The molecule has 0 radical (unpaired) electrons. The van der Waals surface area contributed by atoms with Crippen LogP contribution in [0.2, 0.25) is 0 Å². The van der Waals surface area contributed by atoms with Crippen LogP contribution in [0.15, 0.2) is 59.5 Å². The lowest BCUT2D eigenvalue weighted by Crippen LogP contribution is -2.07. The first-order valence-corrected chi connectivity index (χ1v) is 11.0. The van der Waals surface area contributed by atoms with E-state index < -0.39 is 15.7 Å². The van der Waals surface area contributed by atoms with Crippen LogP contribution in [0.25, 0.3) is 6.08 Å². The van der Waals surface area contributed by atoms with Gasteiger partial charge in [0.25, 0.3) is 0 Å². The molecule has 0 bridgehead atoms. The van der Waals surface area contributed by atoms with E-state index in [0.29, 0.717) is 16.5 Å². The van der Waals surface area contributed by atoms with Crippen molar-refractivity contribution < 1.29 is 22.7 Å². The number of nitrogens with zero attached hydrogens (tertiary/aromatic N) is 2. The molecule has 2 heterocycles. The number of sulfone groups is 1. The molecule has 1 aliphatic heterocycles. The molecule has 1 aromatic heterocycles. The van der Waals surface area contributed by atoms with Gasteiger partial charge in [-0.2, -0.15) is 0 Å². The molecule has 1 aliphatic rings. The van der Waals surface area contributed by atoms with Crippen molar-refractivity contribution in [2.45, 2.75) is 10.6 Å². The van der Waals surface area contributed by atoms with Gasteiger partial charge in [-0.15, -0.1) is 10.2 Å². The highest BCUT2D eigenvalue weighted by Crippen LogP contribution is 2.32. The number of nitrogens with one attached hydrogen (secondary N) is 1. The van der Waals surface area contributed by atoms with Crippen molar-refractivity contribution in [3.63, 3.8) is 0 Å². The van der Waals surface area contributed by atoms with Gasteiger partial charge in [0.15, 0.2) is 21.3 Å². The van der Waals surface area contributed by atoms with Crippen LogP contribution in [0.5, 0.6) is 11.5 Å². The molecule has 148 valence electrons. The normalized spacial score (nSPS) is 13.0. The molecule has 10 heteroatoms. The van der Waals surface area contributed by atoms with Crippen molar-refractivity contribution in [2.24, 2.45) is 0 Å². The predicted molar refractivity (Wildman–Crippen MR) is 107 cm³/mol. The summed E-state index contributed by atoms with van der Waals surface area (Å²) >= 11 is 1.02. The Kier molecular flexibility index (Phi) is 5.28. The molecule has 0 atom stereocenters. The van der Waals surface area contributed by atoms with E-state index in [1.165, 1.54) is 18.2 Å². The summed E-state index contributed by atoms with van der Waals surface area (Å²) in [7, 11) is -3.52. The molecule has 2 aromatic carbocycles. The maximum atomic E-state index is 12.4. The molecule has 8 nitrogen and oxygen atoms in total. The van der Waals surface area contributed by atoms with Crippen molar-refractivity contribution in [3.05, 3.63) is 65.2 Å². The zero-order valence-electron chi connectivity index (χ0n) is 14.9. The minimum absolute atomic E-state index is 0.183. The fourth-order valence-electron chi connectivity index (χ4n) is 2.57. The van der Waals surface area contributed by atoms with Gasteiger partial charge < -0.3 is 9.47 Å². The van der Waals surface area contributed by atoms with Crippen molar-refractivity contribution in [1.82, 2.24) is 10.2 Å². The van der Waals surface area contributed by atoms with Gasteiger partial charge in [0.1, 0.15) is 10.8 Å². The number of anilines is 1. The number of hydrogen-bond acceptors (Lipinski definition) is 8. The summed E-state index contributed by atoms with van der Waals surface area (Å²) in [5, 5.41) is 10.8. The van der Waals surface area contributed by atoms with E-state index in [-0.39, 0.29) is 22.6 Å². The van der Waals surface area contributed by atoms with Crippen molar-refractivity contribution in [2.75, 3.05) is 12.1 Å². The van der Waals surface area contributed by atoms with E-state index in [2.05, 4.69) is 15.5 Å². The Labute approximate surface area is 170 Å². The Morgan fingerprint density at radius 1 is 1.10 bits per heavy atom. The molecule has 0 spiro atoms. The van der Waals surface area contributed by atoms with E-state index in [1.807, 2.05) is 0 Å². The smallest absolute Gasteiger partial charge is 0.250 e. The van der Waals surface area contributed by atoms with Crippen LogP contribution in [0, 0.1) is 0 Å². The topological polar surface area (TPSA) is 107 Å². The molecule has 3 aromatic rings. The minimum Gasteiger partial charge on any atom is -0.454 e. The van der Waals surface area contributed by atoms with Crippen LogP contribution in [0.4, 0.5) is 5.13 Å². The summed E-state index contributed by atoms with van der Waals surface area (Å²) in [6.07, 6.45) is 2.97. The average molecular weight is 429 g/mol. The fraction of sp³-hybridized carbons (Fsp3) is 0.105. The molecule has 1 N–H and O–H groups in total. The first-order chi connectivity index (χ1) is 14.0. The average Bonchev–Trinajstić information content (AvgIpc) is 3.35. The van der Waals surface area contributed by atoms with Crippen molar-refractivity contribution in [3.8, 4) is 11.5 Å². The van der Waals surface area contributed by atoms with Gasteiger partial charge in [-0.25, -0.2) is 8.42 Å². The molecule has 0 unspecified atom stereocenters. The summed E-state index contributed by atoms with van der Waals surface area (Å²) in [6, 6.07) is 13.5. The number of rotatable bonds is 6. The first kappa shape index (κ1) is 19.1. The van der Waals surface area contributed by atoms with Crippen molar-refractivity contribution >= 4 is 38.3 Å². The lowest BCUT2D eigenvalue weighted by atomic mass is 10.2. The SMILES string of the molecule is O=C(/C=C/c1ccc2c(c1)OCO2)Nc1nnc(CS(=O)(=O)c2ccccc2)s1. The number of hydrogen-bond donors (Lipinski definition) is 1. The Bertz CT molecular complexity index is 1170. The second-order valence-corrected chi connectivity index (χ2v) is 9.06. The lowest BCUT2D eigenvalue weighted by Gasteiger charge is -2.00. The first-order valence-electron chi connectivity index (χ1n) is 8.48. The van der Waals surface area contributed by atoms with Gasteiger partial charge >= 0.3 is 0 Å². The minimum atomic E-state index is -3.52. The van der Waals surface area contributed by atoms with Gasteiger partial charge in [-0.05, 0) is 35.9 Å². The molecular formula is C19H15N3O5S2. The van der Waals surface area contributed by atoms with Crippen molar-refractivity contribution in [1.29, 1.82) is 0 Å². The van der Waals surface area contributed by atoms with Crippen LogP contribution in [-0.4, -0.2) is 31.3 Å². The summed E-state index contributed by atoms with van der Waals surface area (Å²) < 4.78 is 35.3. The third-order valence-corrected chi connectivity index (χ3v) is 6.60. The fourth-order valence-corrected chi connectivity index (χ4v) is 4.93. The quantitative estimate of drug-likeness (QED) is 0.600. The number of fused-ring (bicyclic) bond motifs is 1. The van der Waals surface area contributed by atoms with E-state index in [0.717, 1.165) is 16.9 Å². The predicted octanol–water partition coefficient (Wildman–Crippen LogP) is 2.89. The Morgan fingerprint density at radius 2 is 1.90 bits per heavy atom. The number of carbonyl (C=O) groups excluding carboxylic acids is 1. The number of aromatic nitrogens is 2. The molecule has 29 heavy (non-hydrogen) atoms. The lowest BCUT2D eigenvalue weighted by molar-refractivity contribution is -0.111. The van der Waals surface area contributed by atoms with Crippen LogP contribution < -0.4 is 14.8 Å². The number of amides is 1. The third-order valence-electron chi connectivity index (χ3n) is 3.94. The van der Waals surface area contributed by atoms with Crippen LogP contribution in [0.1, 0.15) is 10.6 Å². The largest absolute Gasteiger partial charge is 0.454 e. The molecule has 1 amide bonds. The number of benzene rings is 2. The Balaban J connectivity index is 1.38. The standard InChI is InChI=1S/C19H15N3O5S2/c23-17(9-7-13-6-8-15-16(10-13)27-12-26-15)20-19-22-21-18(28-19)11-29(24,25)14-4-2-1-3-5-14/h1-10H,11-12H2,(H,20,22,23)/b9-7+. The Hall–Kier alpha value is -3.24. The zero-order chi connectivity index (χ0) is 20.3. The van der Waals surface area contributed by atoms with E-state index in [4.69, 9.17) is 9.47 Å². The maximum absolute atomic E-state index is 12.4. The number of ether oxygens (including phenoxy) is 2. The van der Waals surface area contributed by atoms with Gasteiger partial charge in [0.05, 0.1) is 4.90 Å². The van der Waals surface area contributed by atoms with E-state index >= 15 is 0 Å². The highest BCUT2D eigenvalue weighted by atomic mass is 32.2. The van der Waals surface area contributed by atoms with Gasteiger partial charge in [0.2, 0.25) is 17.8 Å². The zero-order valence-corrected chi connectivity index (χ0v) is 16.6. The van der Waals surface area contributed by atoms with E-state index in [1.54, 1.807) is 42.5 Å². The second kappa shape index (κ2) is 8.02. The van der Waals surface area contributed by atoms with Gasteiger partial charge in [-0.3, -0.25) is 10.1 Å². The maximum Gasteiger partial charge on any atom is 0.250 e. The molecule has 0 aliphatic carbocycles.